The quantitative estimate of drug-likeness (QED) is 0.830. The van der Waals surface area contributed by atoms with Gasteiger partial charge in [-0.05, 0) is 43.5 Å². The Morgan fingerprint density at radius 3 is 2.53 bits per heavy atom. The summed E-state index contributed by atoms with van der Waals surface area (Å²) in [6.45, 7) is 11.5. The highest BCUT2D eigenvalue weighted by Crippen LogP contribution is 2.26. The monoisotopic (exact) mass is 260 g/mol. The fraction of sp³-hybridized carbons (Fsp3) is 0.562. The molecule has 2 rings (SSSR count). The van der Waals surface area contributed by atoms with E-state index in [9.17, 15) is 4.79 Å². The van der Waals surface area contributed by atoms with Gasteiger partial charge in [-0.25, -0.2) is 0 Å². The van der Waals surface area contributed by atoms with Crippen LogP contribution < -0.4 is 10.2 Å². The van der Waals surface area contributed by atoms with Gasteiger partial charge in [0.15, 0.2) is 5.78 Å². The van der Waals surface area contributed by atoms with Gasteiger partial charge in [0.25, 0.3) is 0 Å². The van der Waals surface area contributed by atoms with E-state index in [4.69, 9.17) is 0 Å². The van der Waals surface area contributed by atoms with Crippen molar-refractivity contribution in [1.82, 2.24) is 5.32 Å². The number of rotatable bonds is 2. The molecule has 1 atom stereocenters. The molecule has 0 amide bonds. The van der Waals surface area contributed by atoms with Crippen LogP contribution in [0.4, 0.5) is 5.69 Å². The first kappa shape index (κ1) is 14.1. The first-order chi connectivity index (χ1) is 8.89. The fourth-order valence-corrected chi connectivity index (χ4v) is 2.64. The molecule has 1 aliphatic heterocycles. The third-order valence-electron chi connectivity index (χ3n) is 3.78. The van der Waals surface area contributed by atoms with Crippen LogP contribution in [0.1, 0.15) is 38.1 Å². The molecular formula is C16H24N2O. The molecule has 0 aliphatic carbocycles. The van der Waals surface area contributed by atoms with Crippen molar-refractivity contribution in [3.63, 3.8) is 0 Å². The summed E-state index contributed by atoms with van der Waals surface area (Å²) in [6.07, 6.45) is 0. The Bertz CT molecular complexity index is 450. The molecule has 19 heavy (non-hydrogen) atoms. The smallest absolute Gasteiger partial charge is 0.159 e. The normalized spacial score (nSPS) is 22.9. The van der Waals surface area contributed by atoms with E-state index in [1.807, 2.05) is 12.1 Å². The second-order valence-corrected chi connectivity index (χ2v) is 6.38. The minimum absolute atomic E-state index is 0.123. The average Bonchev–Trinajstić information content (AvgIpc) is 2.48. The molecule has 1 N–H and O–H groups in total. The molecule has 0 aromatic heterocycles. The Morgan fingerprint density at radius 1 is 1.32 bits per heavy atom. The maximum atomic E-state index is 11.3. The van der Waals surface area contributed by atoms with E-state index >= 15 is 0 Å². The number of nitrogens with one attached hydrogen (secondary N) is 1. The third kappa shape index (κ3) is 3.35. The minimum Gasteiger partial charge on any atom is -0.367 e. The van der Waals surface area contributed by atoms with Crippen LogP contribution in [-0.2, 0) is 0 Å². The van der Waals surface area contributed by atoms with Gasteiger partial charge >= 0.3 is 0 Å². The van der Waals surface area contributed by atoms with Crippen LogP contribution in [0, 0.1) is 5.41 Å². The Kier molecular flexibility index (Phi) is 3.95. The molecule has 3 nitrogen and oxygen atoms in total. The zero-order valence-electron chi connectivity index (χ0n) is 12.4. The van der Waals surface area contributed by atoms with E-state index in [0.717, 1.165) is 25.2 Å². The van der Waals surface area contributed by atoms with Crippen LogP contribution in [0.3, 0.4) is 0 Å². The Morgan fingerprint density at radius 2 is 1.95 bits per heavy atom. The van der Waals surface area contributed by atoms with Crippen LogP contribution in [-0.4, -0.2) is 31.5 Å². The van der Waals surface area contributed by atoms with Crippen molar-refractivity contribution in [2.45, 2.75) is 33.7 Å². The van der Waals surface area contributed by atoms with Crippen LogP contribution in [0.5, 0.6) is 0 Å². The largest absolute Gasteiger partial charge is 0.367 e. The van der Waals surface area contributed by atoms with E-state index < -0.39 is 0 Å². The molecule has 1 aliphatic rings. The van der Waals surface area contributed by atoms with Crippen molar-refractivity contribution < 1.29 is 4.79 Å². The summed E-state index contributed by atoms with van der Waals surface area (Å²) in [5.41, 5.74) is 2.24. The maximum Gasteiger partial charge on any atom is 0.159 e. The van der Waals surface area contributed by atoms with E-state index in [0.29, 0.717) is 6.04 Å². The number of hydrogen-bond acceptors (Lipinski definition) is 3. The average molecular weight is 260 g/mol. The fourth-order valence-electron chi connectivity index (χ4n) is 2.64. The van der Waals surface area contributed by atoms with Gasteiger partial charge < -0.3 is 10.2 Å². The molecule has 1 saturated heterocycles. The Labute approximate surface area is 116 Å². The lowest BCUT2D eigenvalue weighted by Crippen LogP contribution is -2.39. The number of ketones is 1. The van der Waals surface area contributed by atoms with E-state index in [-0.39, 0.29) is 11.2 Å². The number of benzene rings is 1. The SMILES string of the molecule is CC(=O)c1ccc(N2CC(C)(C)CNCC2C)cc1. The molecular weight excluding hydrogens is 236 g/mol. The van der Waals surface area contributed by atoms with Gasteiger partial charge in [0, 0.05) is 36.9 Å². The maximum absolute atomic E-state index is 11.3. The predicted molar refractivity (Wildman–Crippen MR) is 79.9 cm³/mol. The summed E-state index contributed by atoms with van der Waals surface area (Å²) in [7, 11) is 0. The predicted octanol–water partition coefficient (Wildman–Crippen LogP) is 2.71. The van der Waals surface area contributed by atoms with E-state index in [2.05, 4.69) is 43.1 Å². The Hall–Kier alpha value is -1.35. The van der Waals surface area contributed by atoms with Gasteiger partial charge in [0.05, 0.1) is 0 Å². The summed E-state index contributed by atoms with van der Waals surface area (Å²) < 4.78 is 0. The third-order valence-corrected chi connectivity index (χ3v) is 3.78. The first-order valence-electron chi connectivity index (χ1n) is 6.97. The molecule has 1 fully saturated rings. The molecule has 0 spiro atoms. The Balaban J connectivity index is 2.24. The van der Waals surface area contributed by atoms with Gasteiger partial charge in [0.1, 0.15) is 0 Å². The van der Waals surface area contributed by atoms with E-state index in [1.165, 1.54) is 5.69 Å². The minimum atomic E-state index is 0.123. The topological polar surface area (TPSA) is 32.3 Å². The molecule has 104 valence electrons. The molecule has 1 heterocycles. The number of carbonyl (C=O) groups excluding carboxylic acids is 1. The highest BCUT2D eigenvalue weighted by molar-refractivity contribution is 5.94. The highest BCUT2D eigenvalue weighted by atomic mass is 16.1. The van der Waals surface area contributed by atoms with Crippen molar-refractivity contribution in [1.29, 1.82) is 0 Å². The summed E-state index contributed by atoms with van der Waals surface area (Å²) in [5, 5.41) is 3.52. The molecule has 1 aromatic carbocycles. The summed E-state index contributed by atoms with van der Waals surface area (Å²) >= 11 is 0. The second kappa shape index (κ2) is 5.33. The number of anilines is 1. The molecule has 0 saturated carbocycles. The lowest BCUT2D eigenvalue weighted by molar-refractivity contribution is 0.101. The van der Waals surface area contributed by atoms with Gasteiger partial charge in [-0.2, -0.15) is 0 Å². The zero-order chi connectivity index (χ0) is 14.0. The lowest BCUT2D eigenvalue weighted by Gasteiger charge is -2.34. The molecule has 0 bridgehead atoms. The van der Waals surface area contributed by atoms with Crippen molar-refractivity contribution >= 4 is 11.5 Å². The van der Waals surface area contributed by atoms with Gasteiger partial charge in [-0.3, -0.25) is 4.79 Å². The zero-order valence-corrected chi connectivity index (χ0v) is 12.4. The number of carbonyl (C=O) groups is 1. The van der Waals surface area contributed by atoms with Crippen LogP contribution in [0.15, 0.2) is 24.3 Å². The summed E-state index contributed by atoms with van der Waals surface area (Å²) in [4.78, 5) is 13.8. The summed E-state index contributed by atoms with van der Waals surface area (Å²) in [6, 6.07) is 8.44. The van der Waals surface area contributed by atoms with Gasteiger partial charge in [0.2, 0.25) is 0 Å². The first-order valence-corrected chi connectivity index (χ1v) is 6.97. The van der Waals surface area contributed by atoms with Crippen molar-refractivity contribution in [3.8, 4) is 0 Å². The van der Waals surface area contributed by atoms with Crippen molar-refractivity contribution in [3.05, 3.63) is 29.8 Å². The van der Waals surface area contributed by atoms with Gasteiger partial charge in [-0.1, -0.05) is 13.8 Å². The molecule has 1 aromatic rings. The number of hydrogen-bond donors (Lipinski definition) is 1. The van der Waals surface area contributed by atoms with Crippen LogP contribution in [0.25, 0.3) is 0 Å². The van der Waals surface area contributed by atoms with Crippen molar-refractivity contribution in [2.75, 3.05) is 24.5 Å². The lowest BCUT2D eigenvalue weighted by atomic mass is 9.93. The molecule has 3 heteroatoms. The highest BCUT2D eigenvalue weighted by Gasteiger charge is 2.28. The van der Waals surface area contributed by atoms with Crippen LogP contribution in [0.2, 0.25) is 0 Å². The van der Waals surface area contributed by atoms with Crippen molar-refractivity contribution in [2.24, 2.45) is 5.41 Å². The molecule has 0 radical (unpaired) electrons. The standard InChI is InChI=1S/C16H24N2O/c1-12-9-17-10-16(3,4)11-18(12)15-7-5-14(6-8-15)13(2)19/h5-8,12,17H,9-11H2,1-4H3. The van der Waals surface area contributed by atoms with E-state index in [1.54, 1.807) is 6.92 Å². The number of nitrogens with zero attached hydrogens (tertiary/aromatic N) is 1. The molecule has 1 unspecified atom stereocenters. The summed E-state index contributed by atoms with van der Waals surface area (Å²) in [5.74, 6) is 0.123. The van der Waals surface area contributed by atoms with Gasteiger partial charge in [-0.15, -0.1) is 0 Å². The second-order valence-electron chi connectivity index (χ2n) is 6.38. The van der Waals surface area contributed by atoms with Crippen LogP contribution >= 0.6 is 0 Å². The number of Topliss-reactive ketones (excluding diaryl/α,β-unsaturated/α-hetero) is 1.